The summed E-state index contributed by atoms with van der Waals surface area (Å²) in [5.74, 6) is 3.30. The molecular formula is C7H11N5OS2. The summed E-state index contributed by atoms with van der Waals surface area (Å²) in [6, 6.07) is 0. The molecule has 2 N–H and O–H groups in total. The Hall–Kier alpha value is -0.760. The number of nitrogens with zero attached hydrogens (tertiary/aromatic N) is 3. The Morgan fingerprint density at radius 1 is 1.60 bits per heavy atom. The number of H-pyrrole nitrogens is 1. The number of rotatable bonds is 3. The summed E-state index contributed by atoms with van der Waals surface area (Å²) in [5, 5.41) is 16.1. The summed E-state index contributed by atoms with van der Waals surface area (Å²) >= 11 is 3.83. The highest BCUT2D eigenvalue weighted by Gasteiger charge is 2.17. The Kier molecular flexibility index (Phi) is 3.84. The SMILES string of the molecule is O=C(NCC1CSCCS1)c1nn[nH]n1. The van der Waals surface area contributed by atoms with Crippen LogP contribution in [0.4, 0.5) is 0 Å². The number of aromatic nitrogens is 4. The highest BCUT2D eigenvalue weighted by atomic mass is 32.2. The number of aromatic amines is 1. The molecule has 0 saturated carbocycles. The minimum atomic E-state index is -0.264. The molecule has 1 unspecified atom stereocenters. The third-order valence-corrected chi connectivity index (χ3v) is 4.77. The van der Waals surface area contributed by atoms with Gasteiger partial charge in [0.25, 0.3) is 11.7 Å². The molecule has 8 heteroatoms. The molecule has 1 aliphatic heterocycles. The zero-order valence-corrected chi connectivity index (χ0v) is 9.61. The number of nitrogens with one attached hydrogen (secondary N) is 2. The van der Waals surface area contributed by atoms with Gasteiger partial charge >= 0.3 is 0 Å². The van der Waals surface area contributed by atoms with Gasteiger partial charge in [0.15, 0.2) is 0 Å². The molecule has 1 aromatic rings. The van der Waals surface area contributed by atoms with E-state index in [1.54, 1.807) is 0 Å². The van der Waals surface area contributed by atoms with E-state index in [1.165, 1.54) is 5.75 Å². The standard InChI is InChI=1S/C7H11N5OS2/c13-7(6-9-11-12-10-6)8-3-5-4-14-1-2-15-5/h5H,1-4H2,(H,8,13)(H,9,10,11,12). The largest absolute Gasteiger partial charge is 0.348 e. The number of thioether (sulfide) groups is 2. The van der Waals surface area contributed by atoms with E-state index in [0.29, 0.717) is 11.8 Å². The van der Waals surface area contributed by atoms with Crippen molar-refractivity contribution >= 4 is 29.4 Å². The lowest BCUT2D eigenvalue weighted by Crippen LogP contribution is -2.34. The molecule has 1 amide bonds. The maximum Gasteiger partial charge on any atom is 0.292 e. The molecule has 0 spiro atoms. The second-order valence-electron chi connectivity index (χ2n) is 3.01. The zero-order valence-electron chi connectivity index (χ0n) is 7.97. The Bertz CT molecular complexity index is 311. The minimum absolute atomic E-state index is 0.100. The summed E-state index contributed by atoms with van der Waals surface area (Å²) in [6.07, 6.45) is 0. The van der Waals surface area contributed by atoms with E-state index in [-0.39, 0.29) is 11.7 Å². The first kappa shape index (κ1) is 10.7. The quantitative estimate of drug-likeness (QED) is 0.766. The fraction of sp³-hybridized carbons (Fsp3) is 0.714. The first-order valence-corrected chi connectivity index (χ1v) is 6.77. The molecule has 0 bridgehead atoms. The van der Waals surface area contributed by atoms with Gasteiger partial charge in [-0.15, -0.1) is 10.2 Å². The van der Waals surface area contributed by atoms with Gasteiger partial charge in [-0.1, -0.05) is 0 Å². The van der Waals surface area contributed by atoms with Crippen LogP contribution in [-0.4, -0.2) is 55.6 Å². The smallest absolute Gasteiger partial charge is 0.292 e. The first-order valence-electron chi connectivity index (χ1n) is 4.57. The van der Waals surface area contributed by atoms with Gasteiger partial charge in [-0.25, -0.2) is 0 Å². The molecule has 0 aliphatic carbocycles. The normalized spacial score (nSPS) is 21.2. The van der Waals surface area contributed by atoms with E-state index in [1.807, 2.05) is 23.5 Å². The maximum atomic E-state index is 11.4. The summed E-state index contributed by atoms with van der Waals surface area (Å²) in [4.78, 5) is 11.4. The van der Waals surface area contributed by atoms with Gasteiger partial charge in [-0.3, -0.25) is 4.79 Å². The van der Waals surface area contributed by atoms with Crippen LogP contribution >= 0.6 is 23.5 Å². The van der Waals surface area contributed by atoms with Crippen molar-refractivity contribution in [3.05, 3.63) is 5.82 Å². The molecule has 1 saturated heterocycles. The van der Waals surface area contributed by atoms with E-state index in [9.17, 15) is 4.79 Å². The van der Waals surface area contributed by atoms with Gasteiger partial charge in [-0.2, -0.15) is 28.7 Å². The van der Waals surface area contributed by atoms with Crippen LogP contribution < -0.4 is 5.32 Å². The van der Waals surface area contributed by atoms with Crippen LogP contribution in [0.2, 0.25) is 0 Å². The van der Waals surface area contributed by atoms with E-state index in [2.05, 4.69) is 25.9 Å². The average molecular weight is 245 g/mol. The van der Waals surface area contributed by atoms with Crippen LogP contribution in [0.3, 0.4) is 0 Å². The van der Waals surface area contributed by atoms with Crippen LogP contribution in [0.15, 0.2) is 0 Å². The summed E-state index contributed by atoms with van der Waals surface area (Å²) in [5.41, 5.74) is 0. The van der Waals surface area contributed by atoms with Crippen molar-refractivity contribution < 1.29 is 4.79 Å². The van der Waals surface area contributed by atoms with Crippen molar-refractivity contribution in [2.45, 2.75) is 5.25 Å². The van der Waals surface area contributed by atoms with Crippen molar-refractivity contribution in [3.63, 3.8) is 0 Å². The minimum Gasteiger partial charge on any atom is -0.348 e. The van der Waals surface area contributed by atoms with E-state index in [0.717, 1.165) is 11.5 Å². The number of hydrogen-bond acceptors (Lipinski definition) is 6. The molecule has 1 fully saturated rings. The second kappa shape index (κ2) is 5.36. The Morgan fingerprint density at radius 3 is 3.20 bits per heavy atom. The predicted octanol–water partition coefficient (Wildman–Crippen LogP) is -0.222. The molecule has 15 heavy (non-hydrogen) atoms. The number of tetrazole rings is 1. The van der Waals surface area contributed by atoms with E-state index in [4.69, 9.17) is 0 Å². The Balaban J connectivity index is 1.75. The van der Waals surface area contributed by atoms with Gasteiger partial charge < -0.3 is 5.32 Å². The van der Waals surface area contributed by atoms with Gasteiger partial charge in [0.2, 0.25) is 0 Å². The number of carbonyl (C=O) groups excluding carboxylic acids is 1. The highest BCUT2D eigenvalue weighted by Crippen LogP contribution is 2.23. The fourth-order valence-corrected chi connectivity index (χ4v) is 3.81. The van der Waals surface area contributed by atoms with E-state index < -0.39 is 0 Å². The van der Waals surface area contributed by atoms with Gasteiger partial charge in [0.05, 0.1) is 0 Å². The lowest BCUT2D eigenvalue weighted by Gasteiger charge is -2.20. The topological polar surface area (TPSA) is 83.6 Å². The maximum absolute atomic E-state index is 11.4. The molecule has 2 rings (SSSR count). The van der Waals surface area contributed by atoms with Crippen molar-refractivity contribution in [2.75, 3.05) is 23.8 Å². The third-order valence-electron chi connectivity index (χ3n) is 1.92. The number of carbonyl (C=O) groups is 1. The predicted molar refractivity (Wildman–Crippen MR) is 60.1 cm³/mol. The monoisotopic (exact) mass is 245 g/mol. The molecule has 0 radical (unpaired) electrons. The second-order valence-corrected chi connectivity index (χ2v) is 5.57. The Labute approximate surface area is 95.3 Å². The van der Waals surface area contributed by atoms with Crippen LogP contribution in [0.5, 0.6) is 0 Å². The fourth-order valence-electron chi connectivity index (χ4n) is 1.20. The van der Waals surface area contributed by atoms with Gasteiger partial charge in [-0.05, 0) is 5.21 Å². The highest BCUT2D eigenvalue weighted by molar-refractivity contribution is 8.06. The molecule has 6 nitrogen and oxygen atoms in total. The number of hydrogen-bond donors (Lipinski definition) is 2. The zero-order chi connectivity index (χ0) is 10.5. The molecule has 82 valence electrons. The van der Waals surface area contributed by atoms with Gasteiger partial charge in [0.1, 0.15) is 0 Å². The molecule has 1 atom stereocenters. The summed E-state index contributed by atoms with van der Waals surface area (Å²) < 4.78 is 0. The van der Waals surface area contributed by atoms with Crippen LogP contribution in [0, 0.1) is 0 Å². The lowest BCUT2D eigenvalue weighted by atomic mass is 10.4. The van der Waals surface area contributed by atoms with Crippen LogP contribution in [0.1, 0.15) is 10.6 Å². The molecule has 1 aliphatic rings. The van der Waals surface area contributed by atoms with Gasteiger partial charge in [0, 0.05) is 29.1 Å². The molecular weight excluding hydrogens is 234 g/mol. The van der Waals surface area contributed by atoms with Crippen molar-refractivity contribution in [1.29, 1.82) is 0 Å². The molecule has 1 aromatic heterocycles. The van der Waals surface area contributed by atoms with Crippen molar-refractivity contribution in [2.24, 2.45) is 0 Å². The average Bonchev–Trinajstić information content (AvgIpc) is 2.81. The summed E-state index contributed by atoms with van der Waals surface area (Å²) in [6.45, 7) is 0.672. The van der Waals surface area contributed by atoms with Crippen molar-refractivity contribution in [1.82, 2.24) is 25.9 Å². The number of amides is 1. The lowest BCUT2D eigenvalue weighted by molar-refractivity contribution is 0.0944. The van der Waals surface area contributed by atoms with E-state index >= 15 is 0 Å². The Morgan fingerprint density at radius 2 is 2.53 bits per heavy atom. The first-order chi connectivity index (χ1) is 7.36. The summed E-state index contributed by atoms with van der Waals surface area (Å²) in [7, 11) is 0. The van der Waals surface area contributed by atoms with Crippen LogP contribution in [0.25, 0.3) is 0 Å². The molecule has 0 aromatic carbocycles. The third kappa shape index (κ3) is 3.10. The van der Waals surface area contributed by atoms with Crippen LogP contribution in [-0.2, 0) is 0 Å². The van der Waals surface area contributed by atoms with Crippen molar-refractivity contribution in [3.8, 4) is 0 Å². The molecule has 2 heterocycles.